The van der Waals surface area contributed by atoms with E-state index in [2.05, 4.69) is 0 Å². The fourth-order valence-electron chi connectivity index (χ4n) is 3.77. The molecule has 0 aliphatic heterocycles. The molecule has 82 valence electrons. The zero-order valence-corrected chi connectivity index (χ0v) is 9.25. The number of aliphatic hydroxyl groups is 1. The average Bonchev–Trinajstić information content (AvgIpc) is 2.72. The standard InChI is InChI=1S/C13H24O/c14-10-9-12-7-3-4-8-13(12)11-5-1-2-6-11/h11-14H,1-10H2/t12-,13+/m1/s1. The molecule has 2 aliphatic rings. The summed E-state index contributed by atoms with van der Waals surface area (Å²) in [4.78, 5) is 0. The number of hydrogen-bond acceptors (Lipinski definition) is 1. The molecule has 0 spiro atoms. The van der Waals surface area contributed by atoms with E-state index in [0.717, 1.165) is 24.2 Å². The molecule has 0 aromatic heterocycles. The van der Waals surface area contributed by atoms with Crippen molar-refractivity contribution in [2.45, 2.75) is 57.8 Å². The second-order valence-corrected chi connectivity index (χ2v) is 5.27. The van der Waals surface area contributed by atoms with E-state index in [1.54, 1.807) is 0 Å². The fraction of sp³-hybridized carbons (Fsp3) is 1.00. The second kappa shape index (κ2) is 5.16. The molecule has 2 aliphatic carbocycles. The molecule has 2 saturated carbocycles. The molecule has 0 unspecified atom stereocenters. The van der Waals surface area contributed by atoms with E-state index in [0.29, 0.717) is 6.61 Å². The van der Waals surface area contributed by atoms with Gasteiger partial charge in [-0.2, -0.15) is 0 Å². The predicted molar refractivity (Wildman–Crippen MR) is 59.1 cm³/mol. The van der Waals surface area contributed by atoms with E-state index in [-0.39, 0.29) is 0 Å². The van der Waals surface area contributed by atoms with Crippen molar-refractivity contribution in [1.29, 1.82) is 0 Å². The average molecular weight is 196 g/mol. The van der Waals surface area contributed by atoms with Crippen LogP contribution in [0.25, 0.3) is 0 Å². The summed E-state index contributed by atoms with van der Waals surface area (Å²) in [5.74, 6) is 2.85. The second-order valence-electron chi connectivity index (χ2n) is 5.27. The number of rotatable bonds is 3. The lowest BCUT2D eigenvalue weighted by molar-refractivity contribution is 0.129. The first kappa shape index (κ1) is 10.5. The van der Waals surface area contributed by atoms with Crippen molar-refractivity contribution in [2.24, 2.45) is 17.8 Å². The van der Waals surface area contributed by atoms with Crippen molar-refractivity contribution in [3.8, 4) is 0 Å². The van der Waals surface area contributed by atoms with Crippen molar-refractivity contribution < 1.29 is 5.11 Å². The third kappa shape index (κ3) is 2.31. The van der Waals surface area contributed by atoms with Crippen LogP contribution in [0.4, 0.5) is 0 Å². The topological polar surface area (TPSA) is 20.2 Å². The summed E-state index contributed by atoms with van der Waals surface area (Å²) in [6, 6.07) is 0. The Labute approximate surface area is 87.9 Å². The van der Waals surface area contributed by atoms with Gasteiger partial charge in [0.05, 0.1) is 0 Å². The number of aliphatic hydroxyl groups excluding tert-OH is 1. The maximum Gasteiger partial charge on any atom is 0.0433 e. The minimum absolute atomic E-state index is 0.411. The third-order valence-corrected chi connectivity index (χ3v) is 4.47. The minimum Gasteiger partial charge on any atom is -0.396 e. The Kier molecular flexibility index (Phi) is 3.86. The van der Waals surface area contributed by atoms with Gasteiger partial charge in [0, 0.05) is 6.61 Å². The summed E-state index contributed by atoms with van der Waals surface area (Å²) in [5, 5.41) is 9.08. The Balaban J connectivity index is 1.91. The smallest absolute Gasteiger partial charge is 0.0433 e. The highest BCUT2D eigenvalue weighted by molar-refractivity contribution is 4.83. The van der Waals surface area contributed by atoms with Crippen molar-refractivity contribution in [3.05, 3.63) is 0 Å². The van der Waals surface area contributed by atoms with Crippen LogP contribution in [-0.2, 0) is 0 Å². The van der Waals surface area contributed by atoms with E-state index in [4.69, 9.17) is 5.11 Å². The quantitative estimate of drug-likeness (QED) is 0.734. The van der Waals surface area contributed by atoms with Gasteiger partial charge in [-0.1, -0.05) is 44.9 Å². The summed E-state index contributed by atoms with van der Waals surface area (Å²) in [6.07, 6.45) is 12.7. The number of hydrogen-bond donors (Lipinski definition) is 1. The molecule has 0 radical (unpaired) electrons. The Morgan fingerprint density at radius 1 is 0.857 bits per heavy atom. The maximum absolute atomic E-state index is 9.08. The van der Waals surface area contributed by atoms with Gasteiger partial charge in [-0.15, -0.1) is 0 Å². The van der Waals surface area contributed by atoms with Crippen molar-refractivity contribution in [3.63, 3.8) is 0 Å². The molecule has 2 fully saturated rings. The van der Waals surface area contributed by atoms with Crippen molar-refractivity contribution >= 4 is 0 Å². The molecule has 1 N–H and O–H groups in total. The minimum atomic E-state index is 0.411. The summed E-state index contributed by atoms with van der Waals surface area (Å²) >= 11 is 0. The maximum atomic E-state index is 9.08. The van der Waals surface area contributed by atoms with Crippen LogP contribution in [0.15, 0.2) is 0 Å². The highest BCUT2D eigenvalue weighted by Crippen LogP contribution is 2.43. The molecular formula is C13H24O. The molecule has 0 saturated heterocycles. The lowest BCUT2D eigenvalue weighted by Crippen LogP contribution is -2.26. The van der Waals surface area contributed by atoms with Gasteiger partial charge < -0.3 is 5.11 Å². The van der Waals surface area contributed by atoms with Gasteiger partial charge in [0.25, 0.3) is 0 Å². The molecule has 0 heterocycles. The summed E-state index contributed by atoms with van der Waals surface area (Å²) in [7, 11) is 0. The van der Waals surface area contributed by atoms with Crippen molar-refractivity contribution in [1.82, 2.24) is 0 Å². The first-order valence-electron chi connectivity index (χ1n) is 6.52. The van der Waals surface area contributed by atoms with Crippen LogP contribution < -0.4 is 0 Å². The third-order valence-electron chi connectivity index (χ3n) is 4.47. The van der Waals surface area contributed by atoms with Crippen LogP contribution in [0.1, 0.15) is 57.8 Å². The zero-order chi connectivity index (χ0) is 9.80. The van der Waals surface area contributed by atoms with Gasteiger partial charge in [-0.25, -0.2) is 0 Å². The van der Waals surface area contributed by atoms with E-state index >= 15 is 0 Å². The normalized spacial score (nSPS) is 34.9. The van der Waals surface area contributed by atoms with Crippen LogP contribution in [0.5, 0.6) is 0 Å². The highest BCUT2D eigenvalue weighted by Gasteiger charge is 2.32. The summed E-state index contributed by atoms with van der Waals surface area (Å²) < 4.78 is 0. The molecule has 0 aromatic rings. The summed E-state index contributed by atoms with van der Waals surface area (Å²) in [6.45, 7) is 0.411. The SMILES string of the molecule is OCC[C@H]1CCCC[C@H]1C1CCCC1. The first-order chi connectivity index (χ1) is 6.92. The van der Waals surface area contributed by atoms with Gasteiger partial charge >= 0.3 is 0 Å². The van der Waals surface area contributed by atoms with E-state index in [9.17, 15) is 0 Å². The van der Waals surface area contributed by atoms with Crippen LogP contribution in [0, 0.1) is 17.8 Å². The van der Waals surface area contributed by atoms with Crippen LogP contribution >= 0.6 is 0 Å². The first-order valence-corrected chi connectivity index (χ1v) is 6.52. The molecule has 0 bridgehead atoms. The van der Waals surface area contributed by atoms with Crippen molar-refractivity contribution in [2.75, 3.05) is 6.61 Å². The highest BCUT2D eigenvalue weighted by atomic mass is 16.3. The zero-order valence-electron chi connectivity index (χ0n) is 9.25. The van der Waals surface area contributed by atoms with E-state index < -0.39 is 0 Å². The molecule has 0 aromatic carbocycles. The summed E-state index contributed by atoms with van der Waals surface area (Å²) in [5.41, 5.74) is 0. The lowest BCUT2D eigenvalue weighted by Gasteiger charge is -2.35. The molecule has 2 atom stereocenters. The Morgan fingerprint density at radius 3 is 2.21 bits per heavy atom. The van der Waals surface area contributed by atoms with Gasteiger partial charge in [0.2, 0.25) is 0 Å². The van der Waals surface area contributed by atoms with Gasteiger partial charge in [-0.05, 0) is 30.6 Å². The van der Waals surface area contributed by atoms with Gasteiger partial charge in [-0.3, -0.25) is 0 Å². The van der Waals surface area contributed by atoms with Crippen LogP contribution in [0.3, 0.4) is 0 Å². The fourth-order valence-corrected chi connectivity index (χ4v) is 3.77. The molecule has 2 rings (SSSR count). The molecule has 1 nitrogen and oxygen atoms in total. The Hall–Kier alpha value is -0.0400. The molecule has 1 heteroatoms. The van der Waals surface area contributed by atoms with E-state index in [1.807, 2.05) is 0 Å². The van der Waals surface area contributed by atoms with Crippen LogP contribution in [0.2, 0.25) is 0 Å². The molecule has 0 amide bonds. The molecular weight excluding hydrogens is 172 g/mol. The Morgan fingerprint density at radius 2 is 1.50 bits per heavy atom. The largest absolute Gasteiger partial charge is 0.396 e. The van der Waals surface area contributed by atoms with Crippen LogP contribution in [-0.4, -0.2) is 11.7 Å². The van der Waals surface area contributed by atoms with E-state index in [1.165, 1.54) is 51.4 Å². The molecule has 14 heavy (non-hydrogen) atoms. The van der Waals surface area contributed by atoms with Gasteiger partial charge in [0.15, 0.2) is 0 Å². The Bertz CT molecular complexity index is 159. The predicted octanol–water partition coefficient (Wildman–Crippen LogP) is 3.37. The lowest BCUT2D eigenvalue weighted by atomic mass is 9.71. The monoisotopic (exact) mass is 196 g/mol. The van der Waals surface area contributed by atoms with Gasteiger partial charge in [0.1, 0.15) is 0 Å².